The van der Waals surface area contributed by atoms with Crippen LogP contribution in [0.2, 0.25) is 0 Å². The molecule has 0 saturated carbocycles. The summed E-state index contributed by atoms with van der Waals surface area (Å²) in [5.41, 5.74) is 0. The van der Waals surface area contributed by atoms with E-state index in [9.17, 15) is 21.6 Å². The summed E-state index contributed by atoms with van der Waals surface area (Å²) in [4.78, 5) is 0. The molecule has 0 aliphatic heterocycles. The fourth-order valence-electron chi connectivity index (χ4n) is 0.953. The quantitative estimate of drug-likeness (QED) is 0.730. The van der Waals surface area contributed by atoms with Gasteiger partial charge in [0.15, 0.2) is 0 Å². The van der Waals surface area contributed by atoms with Gasteiger partial charge in [-0.05, 0) is 5.92 Å². The van der Waals surface area contributed by atoms with E-state index in [0.717, 1.165) is 0 Å². The van der Waals surface area contributed by atoms with Crippen molar-refractivity contribution < 1.29 is 21.6 Å². The van der Waals surface area contributed by atoms with Crippen molar-refractivity contribution in [3.05, 3.63) is 0 Å². The van der Waals surface area contributed by atoms with Crippen LogP contribution in [-0.2, 0) is 10.0 Å². The molecule has 0 fully saturated rings. The molecule has 0 spiro atoms. The van der Waals surface area contributed by atoms with Crippen LogP contribution < -0.4 is 0 Å². The normalized spacial score (nSPS) is 13.9. The third-order valence-corrected chi connectivity index (χ3v) is 4.53. The summed E-state index contributed by atoms with van der Waals surface area (Å²) < 4.78 is 58.8. The van der Waals surface area contributed by atoms with Crippen LogP contribution in [0.15, 0.2) is 0 Å². The minimum absolute atomic E-state index is 0.132. The van der Waals surface area contributed by atoms with Crippen molar-refractivity contribution in [3.63, 3.8) is 0 Å². The summed E-state index contributed by atoms with van der Waals surface area (Å²) in [6.07, 6.45) is -4.51. The lowest BCUT2D eigenvalue weighted by atomic mass is 10.2. The van der Waals surface area contributed by atoms with E-state index in [0.29, 0.717) is 4.31 Å². The highest BCUT2D eigenvalue weighted by Crippen LogP contribution is 2.20. The Morgan fingerprint density at radius 3 is 2.07 bits per heavy atom. The first-order valence-electron chi connectivity index (χ1n) is 4.19. The van der Waals surface area contributed by atoms with E-state index in [4.69, 9.17) is 0 Å². The predicted molar refractivity (Wildman–Crippen MR) is 55.2 cm³/mol. The zero-order chi connectivity index (χ0) is 12.3. The second-order valence-electron chi connectivity index (χ2n) is 3.52. The number of hydrogen-bond acceptors (Lipinski definition) is 2. The molecule has 0 rings (SSSR count). The smallest absolute Gasteiger partial charge is 0.211 e. The molecule has 0 aromatic rings. The van der Waals surface area contributed by atoms with Crippen molar-refractivity contribution in [2.75, 3.05) is 17.8 Å². The molecule has 0 amide bonds. The van der Waals surface area contributed by atoms with Gasteiger partial charge in [0.25, 0.3) is 0 Å². The van der Waals surface area contributed by atoms with Crippen molar-refractivity contribution in [2.24, 2.45) is 5.92 Å². The average Bonchev–Trinajstić information content (AvgIpc) is 1.99. The number of sulfonamides is 1. The zero-order valence-corrected chi connectivity index (χ0v) is 10.8. The topological polar surface area (TPSA) is 37.4 Å². The molecule has 0 aromatic carbocycles. The summed E-state index contributed by atoms with van der Waals surface area (Å²) in [7, 11) is -3.86. The van der Waals surface area contributed by atoms with Crippen molar-refractivity contribution in [2.45, 2.75) is 20.0 Å². The van der Waals surface area contributed by atoms with Gasteiger partial charge in [-0.15, -0.1) is 0 Å². The van der Waals surface area contributed by atoms with Crippen LogP contribution in [0.3, 0.4) is 0 Å². The van der Waals surface area contributed by atoms with Gasteiger partial charge in [0, 0.05) is 6.54 Å². The van der Waals surface area contributed by atoms with E-state index in [1.54, 1.807) is 13.8 Å². The third kappa shape index (κ3) is 6.36. The molecule has 0 saturated heterocycles. The molecular weight excluding hydrogens is 299 g/mol. The van der Waals surface area contributed by atoms with Crippen LogP contribution in [0.1, 0.15) is 13.8 Å². The number of nitrogens with zero attached hydrogens (tertiary/aromatic N) is 1. The first-order chi connectivity index (χ1) is 6.58. The summed E-state index contributed by atoms with van der Waals surface area (Å²) in [5.74, 6) is -0.152. The maximum atomic E-state index is 12.1. The highest BCUT2D eigenvalue weighted by atomic mass is 79.9. The van der Waals surface area contributed by atoms with Crippen LogP contribution >= 0.6 is 15.9 Å². The second-order valence-corrected chi connectivity index (χ2v) is 6.79. The molecule has 3 nitrogen and oxygen atoms in total. The zero-order valence-electron chi connectivity index (χ0n) is 8.38. The second kappa shape index (κ2) is 5.49. The number of alkyl halides is 4. The average molecular weight is 312 g/mol. The summed E-state index contributed by atoms with van der Waals surface area (Å²) in [5, 5.41) is 0. The lowest BCUT2D eigenvalue weighted by Gasteiger charge is -2.23. The first kappa shape index (κ1) is 15.2. The van der Waals surface area contributed by atoms with Gasteiger partial charge in [-0.25, -0.2) is 8.42 Å². The standard InChI is InChI=1S/C7H13BrF3NO2S/c1-6(2)3-12(4-7(9,10)11)15(13,14)5-8/h6H,3-5H2,1-2H3. The molecule has 0 atom stereocenters. The molecule has 0 radical (unpaired) electrons. The van der Waals surface area contributed by atoms with Crippen molar-refractivity contribution in [1.82, 2.24) is 4.31 Å². The Labute approximate surface area is 95.8 Å². The molecular formula is C7H13BrF3NO2S. The number of rotatable bonds is 5. The summed E-state index contributed by atoms with van der Waals surface area (Å²) in [6.45, 7) is 1.76. The molecule has 0 unspecified atom stereocenters. The van der Waals surface area contributed by atoms with Gasteiger partial charge in [0.2, 0.25) is 10.0 Å². The summed E-state index contributed by atoms with van der Waals surface area (Å²) >= 11 is 2.67. The van der Waals surface area contributed by atoms with E-state index in [2.05, 4.69) is 15.9 Å². The maximum Gasteiger partial charge on any atom is 0.402 e. The van der Waals surface area contributed by atoms with Crippen molar-refractivity contribution in [1.29, 1.82) is 0 Å². The van der Waals surface area contributed by atoms with Gasteiger partial charge in [0.05, 0.1) is 0 Å². The van der Waals surface area contributed by atoms with E-state index in [-0.39, 0.29) is 12.5 Å². The molecule has 92 valence electrons. The maximum absolute atomic E-state index is 12.1. The predicted octanol–water partition coefficient (Wildman–Crippen LogP) is 2.19. The Morgan fingerprint density at radius 1 is 1.33 bits per heavy atom. The monoisotopic (exact) mass is 311 g/mol. The van der Waals surface area contributed by atoms with Gasteiger partial charge in [0.1, 0.15) is 11.2 Å². The van der Waals surface area contributed by atoms with Crippen LogP contribution in [0, 0.1) is 5.92 Å². The van der Waals surface area contributed by atoms with Crippen LogP contribution in [0.4, 0.5) is 13.2 Å². The Morgan fingerprint density at radius 2 is 1.80 bits per heavy atom. The fraction of sp³-hybridized carbons (Fsp3) is 1.00. The van der Waals surface area contributed by atoms with Crippen LogP contribution in [-0.4, -0.2) is 36.7 Å². The lowest BCUT2D eigenvalue weighted by molar-refractivity contribution is -0.136. The van der Waals surface area contributed by atoms with E-state index >= 15 is 0 Å². The van der Waals surface area contributed by atoms with Gasteiger partial charge in [-0.1, -0.05) is 29.8 Å². The molecule has 8 heteroatoms. The first-order valence-corrected chi connectivity index (χ1v) is 6.92. The molecule has 0 heterocycles. The van der Waals surface area contributed by atoms with Crippen molar-refractivity contribution >= 4 is 26.0 Å². The van der Waals surface area contributed by atoms with Gasteiger partial charge < -0.3 is 0 Å². The highest BCUT2D eigenvalue weighted by Gasteiger charge is 2.35. The van der Waals surface area contributed by atoms with Gasteiger partial charge in [-0.3, -0.25) is 0 Å². The fourth-order valence-corrected chi connectivity index (χ4v) is 2.83. The number of hydrogen-bond donors (Lipinski definition) is 0. The largest absolute Gasteiger partial charge is 0.402 e. The van der Waals surface area contributed by atoms with Gasteiger partial charge >= 0.3 is 6.18 Å². The number of halogens is 4. The van der Waals surface area contributed by atoms with E-state index < -0.39 is 27.4 Å². The summed E-state index contributed by atoms with van der Waals surface area (Å²) in [6, 6.07) is 0. The molecule has 0 N–H and O–H groups in total. The molecule has 15 heavy (non-hydrogen) atoms. The van der Waals surface area contributed by atoms with Crippen LogP contribution in [0.5, 0.6) is 0 Å². The Bertz CT molecular complexity index is 289. The van der Waals surface area contributed by atoms with Crippen molar-refractivity contribution in [3.8, 4) is 0 Å². The minimum Gasteiger partial charge on any atom is -0.211 e. The Kier molecular flexibility index (Phi) is 5.56. The van der Waals surface area contributed by atoms with E-state index in [1.165, 1.54) is 0 Å². The SMILES string of the molecule is CC(C)CN(CC(F)(F)F)S(=O)(=O)CBr. The molecule has 0 aliphatic rings. The molecule has 0 aliphatic carbocycles. The lowest BCUT2D eigenvalue weighted by Crippen LogP contribution is -2.41. The third-order valence-electron chi connectivity index (χ3n) is 1.46. The minimum atomic E-state index is -4.51. The molecule has 0 aromatic heterocycles. The Balaban J connectivity index is 4.75. The Hall–Kier alpha value is 0.180. The highest BCUT2D eigenvalue weighted by molar-refractivity contribution is 9.10. The van der Waals surface area contributed by atoms with Gasteiger partial charge in [-0.2, -0.15) is 17.5 Å². The molecule has 0 bridgehead atoms. The van der Waals surface area contributed by atoms with Crippen LogP contribution in [0.25, 0.3) is 0 Å². The van der Waals surface area contributed by atoms with E-state index in [1.807, 2.05) is 0 Å².